The lowest BCUT2D eigenvalue weighted by atomic mass is 10.1. The van der Waals surface area contributed by atoms with Gasteiger partial charge in [0.1, 0.15) is 5.75 Å². The van der Waals surface area contributed by atoms with Crippen molar-refractivity contribution in [2.45, 2.75) is 6.92 Å². The lowest BCUT2D eigenvalue weighted by molar-refractivity contribution is 0.340. The molecule has 0 amide bonds. The lowest BCUT2D eigenvalue weighted by Gasteiger charge is -2.08. The Kier molecular flexibility index (Phi) is 4.44. The Morgan fingerprint density at radius 2 is 1.43 bits per heavy atom. The fraction of sp³-hybridized carbons (Fsp3) is 0.111. The maximum absolute atomic E-state index is 5.93. The number of aromatic nitrogens is 2. The Labute approximate surface area is 139 Å². The van der Waals surface area contributed by atoms with Crippen LogP contribution in [0.2, 0.25) is 5.02 Å². The van der Waals surface area contributed by atoms with Gasteiger partial charge in [0.05, 0.1) is 18.0 Å². The quantitative estimate of drug-likeness (QED) is 0.770. The fourth-order valence-corrected chi connectivity index (χ4v) is 2.40. The zero-order chi connectivity index (χ0) is 16.2. The first-order valence-corrected chi connectivity index (χ1v) is 7.67. The Hall–Kier alpha value is -2.59. The van der Waals surface area contributed by atoms with Crippen molar-refractivity contribution in [3.63, 3.8) is 0 Å². The first-order valence-electron chi connectivity index (χ1n) is 7.29. The summed E-state index contributed by atoms with van der Waals surface area (Å²) in [5.41, 5.74) is 9.30. The number of hydrogen-bond donors (Lipinski definition) is 1. The highest BCUT2D eigenvalue weighted by molar-refractivity contribution is 6.30. The molecule has 0 aliphatic heterocycles. The number of benzene rings is 2. The minimum Gasteiger partial charge on any atom is -0.494 e. The van der Waals surface area contributed by atoms with E-state index in [4.69, 9.17) is 22.1 Å². The molecule has 2 aromatic carbocycles. The predicted molar refractivity (Wildman–Crippen MR) is 93.5 cm³/mol. The summed E-state index contributed by atoms with van der Waals surface area (Å²) in [6, 6.07) is 17.1. The summed E-state index contributed by atoms with van der Waals surface area (Å²) < 4.78 is 5.45. The minimum absolute atomic E-state index is 0.237. The summed E-state index contributed by atoms with van der Waals surface area (Å²) in [5, 5.41) is 0.683. The van der Waals surface area contributed by atoms with Gasteiger partial charge in [-0.1, -0.05) is 23.7 Å². The molecule has 0 unspecified atom stereocenters. The average Bonchev–Trinajstić information content (AvgIpc) is 2.56. The van der Waals surface area contributed by atoms with Crippen LogP contribution in [0.15, 0.2) is 54.6 Å². The number of hydrogen-bond acceptors (Lipinski definition) is 4. The predicted octanol–water partition coefficient (Wildman–Crippen LogP) is 4.44. The molecule has 0 bridgehead atoms. The topological polar surface area (TPSA) is 61.0 Å². The van der Waals surface area contributed by atoms with Crippen molar-refractivity contribution in [1.29, 1.82) is 0 Å². The normalized spacial score (nSPS) is 10.5. The number of ether oxygens (including phenoxy) is 1. The van der Waals surface area contributed by atoms with Gasteiger partial charge in [-0.15, -0.1) is 0 Å². The van der Waals surface area contributed by atoms with Crippen LogP contribution >= 0.6 is 11.6 Å². The van der Waals surface area contributed by atoms with Crippen LogP contribution in [0.3, 0.4) is 0 Å². The molecule has 23 heavy (non-hydrogen) atoms. The highest BCUT2D eigenvalue weighted by atomic mass is 35.5. The maximum atomic E-state index is 5.93. The van der Waals surface area contributed by atoms with Crippen LogP contribution in [-0.4, -0.2) is 16.6 Å². The summed E-state index contributed by atoms with van der Waals surface area (Å²) in [4.78, 5) is 8.63. The molecule has 0 aliphatic rings. The zero-order valence-electron chi connectivity index (χ0n) is 12.7. The van der Waals surface area contributed by atoms with Crippen molar-refractivity contribution in [3.05, 3.63) is 59.6 Å². The van der Waals surface area contributed by atoms with E-state index in [1.54, 1.807) is 0 Å². The van der Waals surface area contributed by atoms with Gasteiger partial charge in [-0.25, -0.2) is 9.97 Å². The minimum atomic E-state index is 0.237. The number of nitrogen functional groups attached to an aromatic ring is 1. The molecule has 3 rings (SSSR count). The van der Waals surface area contributed by atoms with Crippen molar-refractivity contribution in [3.8, 4) is 28.3 Å². The molecule has 1 heterocycles. The highest BCUT2D eigenvalue weighted by Crippen LogP contribution is 2.26. The Morgan fingerprint density at radius 1 is 0.913 bits per heavy atom. The molecule has 0 atom stereocenters. The van der Waals surface area contributed by atoms with E-state index in [-0.39, 0.29) is 5.95 Å². The van der Waals surface area contributed by atoms with Gasteiger partial charge in [0.25, 0.3) is 0 Å². The maximum Gasteiger partial charge on any atom is 0.221 e. The third-order valence-electron chi connectivity index (χ3n) is 3.34. The van der Waals surface area contributed by atoms with E-state index in [0.717, 1.165) is 28.3 Å². The molecule has 0 fully saturated rings. The molecule has 116 valence electrons. The smallest absolute Gasteiger partial charge is 0.221 e. The number of nitrogens with zero attached hydrogens (tertiary/aromatic N) is 2. The lowest BCUT2D eigenvalue weighted by Crippen LogP contribution is -1.98. The van der Waals surface area contributed by atoms with E-state index in [0.29, 0.717) is 11.6 Å². The van der Waals surface area contributed by atoms with Crippen LogP contribution in [0.1, 0.15) is 6.92 Å². The van der Waals surface area contributed by atoms with Crippen molar-refractivity contribution >= 4 is 17.5 Å². The van der Waals surface area contributed by atoms with Crippen molar-refractivity contribution < 1.29 is 4.74 Å². The number of anilines is 1. The number of halogens is 1. The Bertz CT molecular complexity index is 802. The van der Waals surface area contributed by atoms with Gasteiger partial charge in [-0.2, -0.15) is 0 Å². The first-order chi connectivity index (χ1) is 11.2. The van der Waals surface area contributed by atoms with E-state index in [2.05, 4.69) is 9.97 Å². The van der Waals surface area contributed by atoms with Gasteiger partial charge in [-0.3, -0.25) is 0 Å². The van der Waals surface area contributed by atoms with Gasteiger partial charge in [0, 0.05) is 16.1 Å². The van der Waals surface area contributed by atoms with Crippen LogP contribution in [0, 0.1) is 0 Å². The molecule has 1 aromatic heterocycles. The summed E-state index contributed by atoms with van der Waals surface area (Å²) in [5.74, 6) is 1.07. The molecule has 0 aliphatic carbocycles. The molecule has 3 aromatic rings. The van der Waals surface area contributed by atoms with Crippen molar-refractivity contribution in [2.75, 3.05) is 12.3 Å². The molecule has 2 N–H and O–H groups in total. The van der Waals surface area contributed by atoms with E-state index >= 15 is 0 Å². The monoisotopic (exact) mass is 325 g/mol. The van der Waals surface area contributed by atoms with E-state index in [1.807, 2.05) is 61.5 Å². The molecule has 0 spiro atoms. The summed E-state index contributed by atoms with van der Waals surface area (Å²) in [6.45, 7) is 2.60. The third kappa shape index (κ3) is 3.60. The van der Waals surface area contributed by atoms with Gasteiger partial charge in [0.15, 0.2) is 0 Å². The molecule has 0 saturated heterocycles. The van der Waals surface area contributed by atoms with E-state index in [1.165, 1.54) is 0 Å². The van der Waals surface area contributed by atoms with Gasteiger partial charge in [0.2, 0.25) is 5.95 Å². The average molecular weight is 326 g/mol. The summed E-state index contributed by atoms with van der Waals surface area (Å²) in [7, 11) is 0. The number of rotatable bonds is 4. The van der Waals surface area contributed by atoms with Crippen molar-refractivity contribution in [1.82, 2.24) is 9.97 Å². The second-order valence-corrected chi connectivity index (χ2v) is 5.40. The summed E-state index contributed by atoms with van der Waals surface area (Å²) in [6.07, 6.45) is 0. The molecule has 5 heteroatoms. The molecule has 0 radical (unpaired) electrons. The van der Waals surface area contributed by atoms with Crippen LogP contribution in [0.4, 0.5) is 5.95 Å². The van der Waals surface area contributed by atoms with Crippen LogP contribution in [0.25, 0.3) is 22.5 Å². The number of nitrogens with two attached hydrogens (primary N) is 1. The Morgan fingerprint density at radius 3 is 1.96 bits per heavy atom. The van der Waals surface area contributed by atoms with Gasteiger partial charge < -0.3 is 10.5 Å². The fourth-order valence-electron chi connectivity index (χ4n) is 2.27. The SMILES string of the molecule is CCOc1ccc(-c2cc(-c3ccc(Cl)cc3)nc(N)n2)cc1. The van der Waals surface area contributed by atoms with Crippen LogP contribution in [-0.2, 0) is 0 Å². The largest absolute Gasteiger partial charge is 0.494 e. The molecular weight excluding hydrogens is 310 g/mol. The highest BCUT2D eigenvalue weighted by Gasteiger charge is 2.07. The third-order valence-corrected chi connectivity index (χ3v) is 3.60. The van der Waals surface area contributed by atoms with Crippen LogP contribution < -0.4 is 10.5 Å². The van der Waals surface area contributed by atoms with Crippen molar-refractivity contribution in [2.24, 2.45) is 0 Å². The molecule has 0 saturated carbocycles. The van der Waals surface area contributed by atoms with Gasteiger partial charge >= 0.3 is 0 Å². The van der Waals surface area contributed by atoms with Crippen LogP contribution in [0.5, 0.6) is 5.75 Å². The molecule has 4 nitrogen and oxygen atoms in total. The molecular formula is C18H16ClN3O. The Balaban J connectivity index is 1.98. The van der Waals surface area contributed by atoms with E-state index < -0.39 is 0 Å². The second kappa shape index (κ2) is 6.67. The zero-order valence-corrected chi connectivity index (χ0v) is 13.4. The standard InChI is InChI=1S/C18H16ClN3O/c1-2-23-15-9-5-13(6-10-15)17-11-16(21-18(20)22-17)12-3-7-14(19)8-4-12/h3-11H,2H2,1H3,(H2,20,21,22). The van der Waals surface area contributed by atoms with Gasteiger partial charge in [-0.05, 0) is 49.4 Å². The van der Waals surface area contributed by atoms with E-state index in [9.17, 15) is 0 Å². The summed E-state index contributed by atoms with van der Waals surface area (Å²) >= 11 is 5.93. The first kappa shape index (κ1) is 15.3. The second-order valence-electron chi connectivity index (χ2n) is 4.96.